The number of hydrogen-bond acceptors (Lipinski definition) is 3. The van der Waals surface area contributed by atoms with Gasteiger partial charge in [-0.2, -0.15) is 0 Å². The first-order chi connectivity index (χ1) is 16.7. The number of carboxylic acid groups (broad SMARTS) is 1. The van der Waals surface area contributed by atoms with E-state index in [0.29, 0.717) is 5.56 Å². The van der Waals surface area contributed by atoms with E-state index >= 15 is 0 Å². The van der Waals surface area contributed by atoms with Crippen LogP contribution in [-0.4, -0.2) is 38.9 Å². The van der Waals surface area contributed by atoms with Crippen LogP contribution in [0, 0.1) is 0 Å². The first-order valence-corrected chi connectivity index (χ1v) is 11.7. The van der Waals surface area contributed by atoms with E-state index in [1.54, 1.807) is 24.3 Å². The van der Waals surface area contributed by atoms with Crippen molar-refractivity contribution in [3.05, 3.63) is 107 Å². The minimum atomic E-state index is -1.23. The topological polar surface area (TPSA) is 77.9 Å². The third kappa shape index (κ3) is 4.97. The van der Waals surface area contributed by atoms with E-state index in [1.165, 1.54) is 4.90 Å². The third-order valence-electron chi connectivity index (χ3n) is 6.46. The van der Waals surface area contributed by atoms with Crippen LogP contribution in [0.3, 0.4) is 0 Å². The van der Waals surface area contributed by atoms with E-state index in [-0.39, 0.29) is 24.4 Å². The molecule has 0 saturated carbocycles. The normalized spacial score (nSPS) is 18.1. The summed E-state index contributed by atoms with van der Waals surface area (Å²) in [6.45, 7) is 6.31. The second-order valence-electron chi connectivity index (χ2n) is 9.90. The van der Waals surface area contributed by atoms with Crippen LogP contribution < -0.4 is 0 Å². The van der Waals surface area contributed by atoms with Gasteiger partial charge in [0.2, 0.25) is 5.91 Å². The molecule has 0 spiro atoms. The van der Waals surface area contributed by atoms with E-state index in [1.807, 2.05) is 60.7 Å². The van der Waals surface area contributed by atoms with E-state index in [0.717, 1.165) is 21.6 Å². The van der Waals surface area contributed by atoms with Gasteiger partial charge in [-0.15, -0.1) is 0 Å². The molecule has 0 radical (unpaired) electrons. The lowest BCUT2D eigenvalue weighted by atomic mass is 9.83. The van der Waals surface area contributed by atoms with Crippen LogP contribution in [0.1, 0.15) is 48.9 Å². The third-order valence-corrected chi connectivity index (χ3v) is 6.46. The lowest BCUT2D eigenvalue weighted by Gasteiger charge is -2.31. The Hall–Kier alpha value is -3.93. The van der Waals surface area contributed by atoms with Gasteiger partial charge in [0.1, 0.15) is 6.04 Å². The van der Waals surface area contributed by atoms with Crippen LogP contribution in [0.5, 0.6) is 0 Å². The number of rotatable bonds is 6. The summed E-state index contributed by atoms with van der Waals surface area (Å²) in [4.78, 5) is 42.3. The van der Waals surface area contributed by atoms with Gasteiger partial charge in [0.15, 0.2) is 0 Å². The molecule has 1 N–H and O–H groups in total. The Kier molecular flexibility index (Phi) is 6.74. The summed E-state index contributed by atoms with van der Waals surface area (Å²) >= 11 is 0. The zero-order chi connectivity index (χ0) is 25.2. The first-order valence-electron chi connectivity index (χ1n) is 11.7. The molecule has 1 aliphatic rings. The maximum atomic E-state index is 13.7. The predicted molar refractivity (Wildman–Crippen MR) is 134 cm³/mol. The first kappa shape index (κ1) is 24.2. The second-order valence-corrected chi connectivity index (χ2v) is 9.90. The lowest BCUT2D eigenvalue weighted by molar-refractivity contribution is -0.140. The molecule has 4 rings (SSSR count). The van der Waals surface area contributed by atoms with Crippen molar-refractivity contribution < 1.29 is 19.5 Å². The van der Waals surface area contributed by atoms with E-state index in [9.17, 15) is 19.5 Å². The van der Waals surface area contributed by atoms with Crippen molar-refractivity contribution in [3.8, 4) is 0 Å². The fourth-order valence-electron chi connectivity index (χ4n) is 4.79. The number of amides is 3. The smallest absolute Gasteiger partial charge is 0.408 e. The van der Waals surface area contributed by atoms with Crippen molar-refractivity contribution in [2.24, 2.45) is 0 Å². The van der Waals surface area contributed by atoms with Crippen molar-refractivity contribution in [1.29, 1.82) is 0 Å². The highest BCUT2D eigenvalue weighted by Crippen LogP contribution is 2.36. The van der Waals surface area contributed by atoms with Gasteiger partial charge in [0, 0.05) is 0 Å². The zero-order valence-corrected chi connectivity index (χ0v) is 20.2. The zero-order valence-electron chi connectivity index (χ0n) is 20.2. The maximum Gasteiger partial charge on any atom is 0.408 e. The van der Waals surface area contributed by atoms with Crippen LogP contribution in [0.4, 0.5) is 4.79 Å². The molecule has 1 aliphatic heterocycles. The Morgan fingerprint density at radius 3 is 2.03 bits per heavy atom. The molecule has 6 heteroatoms. The van der Waals surface area contributed by atoms with Gasteiger partial charge < -0.3 is 5.11 Å². The van der Waals surface area contributed by atoms with Crippen molar-refractivity contribution in [2.45, 2.75) is 51.2 Å². The number of nitrogens with zero attached hydrogens (tertiary/aromatic N) is 2. The standard InChI is InChI=1S/C29H30N2O4/c1-29(2,3)23-17-11-10-16-22(23)19-30(28(34)35)25-24(21-14-8-5-9-15-21)26(32)31(27(25)33)18-20-12-6-4-7-13-20/h4-17,24-25H,18-19H2,1-3H3,(H,34,35)/t24-,25+/m0/s1. The Balaban J connectivity index is 1.77. The monoisotopic (exact) mass is 470 g/mol. The molecule has 3 aromatic carbocycles. The number of imide groups is 1. The van der Waals surface area contributed by atoms with Gasteiger partial charge in [-0.3, -0.25) is 19.4 Å². The molecule has 0 unspecified atom stereocenters. The van der Waals surface area contributed by atoms with Crippen LogP contribution >= 0.6 is 0 Å². The quantitative estimate of drug-likeness (QED) is 0.503. The van der Waals surface area contributed by atoms with Crippen molar-refractivity contribution in [2.75, 3.05) is 0 Å². The number of hydrogen-bond donors (Lipinski definition) is 1. The van der Waals surface area contributed by atoms with Gasteiger partial charge in [0.05, 0.1) is 19.0 Å². The average Bonchev–Trinajstić information content (AvgIpc) is 3.07. The summed E-state index contributed by atoms with van der Waals surface area (Å²) in [5.41, 5.74) is 3.04. The highest BCUT2D eigenvalue weighted by molar-refractivity contribution is 6.10. The van der Waals surface area contributed by atoms with Gasteiger partial charge in [0.25, 0.3) is 5.91 Å². The van der Waals surface area contributed by atoms with E-state index in [2.05, 4.69) is 20.8 Å². The summed E-state index contributed by atoms with van der Waals surface area (Å²) in [7, 11) is 0. The Labute approximate surface area is 205 Å². The fourth-order valence-corrected chi connectivity index (χ4v) is 4.79. The van der Waals surface area contributed by atoms with E-state index < -0.39 is 24.0 Å². The Morgan fingerprint density at radius 1 is 0.857 bits per heavy atom. The number of benzene rings is 3. The molecule has 1 fully saturated rings. The summed E-state index contributed by atoms with van der Waals surface area (Å²) in [5.74, 6) is -1.79. The molecule has 35 heavy (non-hydrogen) atoms. The molecule has 1 saturated heterocycles. The molecular weight excluding hydrogens is 440 g/mol. The number of carbonyl (C=O) groups excluding carboxylic acids is 2. The average molecular weight is 471 g/mol. The summed E-state index contributed by atoms with van der Waals surface area (Å²) in [6.07, 6.45) is -1.23. The molecule has 0 aromatic heterocycles. The molecule has 180 valence electrons. The summed E-state index contributed by atoms with van der Waals surface area (Å²) in [6, 6.07) is 24.7. The molecule has 2 atom stereocenters. The largest absolute Gasteiger partial charge is 0.465 e. The van der Waals surface area contributed by atoms with E-state index in [4.69, 9.17) is 0 Å². The molecule has 3 aromatic rings. The van der Waals surface area contributed by atoms with Gasteiger partial charge >= 0.3 is 6.09 Å². The number of likely N-dealkylation sites (tertiary alicyclic amines) is 1. The highest BCUT2D eigenvalue weighted by Gasteiger charge is 2.52. The Morgan fingerprint density at radius 2 is 1.43 bits per heavy atom. The van der Waals surface area contributed by atoms with Crippen molar-refractivity contribution in [1.82, 2.24) is 9.80 Å². The predicted octanol–water partition coefficient (Wildman–Crippen LogP) is 5.19. The lowest BCUT2D eigenvalue weighted by Crippen LogP contribution is -2.46. The fraction of sp³-hybridized carbons (Fsp3) is 0.276. The molecule has 6 nitrogen and oxygen atoms in total. The van der Waals surface area contributed by atoms with Crippen LogP contribution in [-0.2, 0) is 28.1 Å². The molecular formula is C29H30N2O4. The van der Waals surface area contributed by atoms with Crippen LogP contribution in [0.25, 0.3) is 0 Å². The number of carbonyl (C=O) groups is 3. The van der Waals surface area contributed by atoms with Gasteiger partial charge in [-0.25, -0.2) is 4.79 Å². The molecule has 1 heterocycles. The highest BCUT2D eigenvalue weighted by atomic mass is 16.4. The van der Waals surface area contributed by atoms with Crippen LogP contribution in [0.15, 0.2) is 84.9 Å². The second kappa shape index (κ2) is 9.74. The summed E-state index contributed by atoms with van der Waals surface area (Å²) in [5, 5.41) is 10.3. The van der Waals surface area contributed by atoms with Gasteiger partial charge in [-0.05, 0) is 27.7 Å². The minimum Gasteiger partial charge on any atom is -0.465 e. The molecule has 0 aliphatic carbocycles. The molecule has 3 amide bonds. The Bertz CT molecular complexity index is 1220. The van der Waals surface area contributed by atoms with Gasteiger partial charge in [-0.1, -0.05) is 106 Å². The van der Waals surface area contributed by atoms with Crippen molar-refractivity contribution >= 4 is 17.9 Å². The SMILES string of the molecule is CC(C)(C)c1ccccc1CN(C(=O)O)[C@H]1C(=O)N(Cc2ccccc2)C(=O)[C@H]1c1ccccc1. The maximum absolute atomic E-state index is 13.7. The summed E-state index contributed by atoms with van der Waals surface area (Å²) < 4.78 is 0. The van der Waals surface area contributed by atoms with Crippen LogP contribution in [0.2, 0.25) is 0 Å². The molecule has 0 bridgehead atoms. The van der Waals surface area contributed by atoms with Crippen molar-refractivity contribution in [3.63, 3.8) is 0 Å². The minimum absolute atomic E-state index is 0.00890.